The van der Waals surface area contributed by atoms with Gasteiger partial charge in [-0.3, -0.25) is 15.0 Å². The second-order valence-corrected chi connectivity index (χ2v) is 30.8. The second-order valence-electron chi connectivity index (χ2n) is 30.8. The minimum Gasteiger partial charge on any atom is -0.456 e. The Morgan fingerprint density at radius 1 is 0.300 bits per heavy atom. The maximum absolute atomic E-state index is 8.32. The lowest BCUT2D eigenvalue weighted by molar-refractivity contribution is -0.661. The number of pyridine rings is 10. The van der Waals surface area contributed by atoms with Crippen molar-refractivity contribution in [3.63, 3.8) is 0 Å². The normalized spacial score (nSPS) is 17.1. The van der Waals surface area contributed by atoms with Crippen molar-refractivity contribution in [2.24, 2.45) is 35.2 Å². The van der Waals surface area contributed by atoms with Crippen molar-refractivity contribution in [1.29, 1.82) is 0 Å². The molecular weight excluding hydrogens is 1480 g/mol. The fourth-order valence-corrected chi connectivity index (χ4v) is 15.6. The van der Waals surface area contributed by atoms with Gasteiger partial charge in [0.2, 0.25) is 34.2 Å². The largest absolute Gasteiger partial charge is 0.456 e. The van der Waals surface area contributed by atoms with E-state index in [-0.39, 0.29) is 0 Å². The van der Waals surface area contributed by atoms with Crippen LogP contribution in [0, 0.1) is 34.6 Å². The van der Waals surface area contributed by atoms with E-state index in [1.807, 2.05) is 220 Å². The van der Waals surface area contributed by atoms with E-state index < -0.39 is 63.7 Å². The number of nitrogens with zero attached hydrogens (tertiary/aromatic N) is 10. The van der Waals surface area contributed by atoms with E-state index in [0.717, 1.165) is 189 Å². The van der Waals surface area contributed by atoms with Gasteiger partial charge in [0.1, 0.15) is 85.5 Å². The molecule has 5 aromatic carbocycles. The van der Waals surface area contributed by atoms with Crippen molar-refractivity contribution in [3.05, 3.63) is 300 Å². The highest BCUT2D eigenvalue weighted by Gasteiger charge is 2.26. The average molecular weight is 1610 g/mol. The summed E-state index contributed by atoms with van der Waals surface area (Å²) in [5.41, 5.74) is 25.7. The minimum absolute atomic E-state index is 0.436. The molecule has 600 valence electrons. The third kappa shape index (κ3) is 15.8. The Morgan fingerprint density at radius 2 is 0.692 bits per heavy atom. The first kappa shape index (κ1) is 59.3. The van der Waals surface area contributed by atoms with E-state index in [1.165, 1.54) is 34.6 Å². The topological polar surface area (TPSA) is 150 Å². The third-order valence-electron chi connectivity index (χ3n) is 22.1. The molecule has 0 saturated heterocycles. The summed E-state index contributed by atoms with van der Waals surface area (Å²) in [7, 11) is 9.30. The molecule has 20 aromatic rings. The third-order valence-corrected chi connectivity index (χ3v) is 22.1. The van der Waals surface area contributed by atoms with Crippen LogP contribution in [0.25, 0.3) is 167 Å². The van der Waals surface area contributed by atoms with Crippen molar-refractivity contribution >= 4 is 110 Å². The van der Waals surface area contributed by atoms with Crippen LogP contribution >= 0.6 is 0 Å². The van der Waals surface area contributed by atoms with Gasteiger partial charge in [0, 0.05) is 170 Å². The van der Waals surface area contributed by atoms with Gasteiger partial charge >= 0.3 is 0 Å². The molecule has 15 nitrogen and oxygen atoms in total. The van der Waals surface area contributed by atoms with Gasteiger partial charge < -0.3 is 22.1 Å². The lowest BCUT2D eigenvalue weighted by atomic mass is 9.99. The standard InChI is InChI=1S/5C21H21N2O/c1-13(2)15-5-6-19(23(4)12-15)16-10-17-18-11-22-8-7-20(18)24-21(17)9-14(16)3;1-13(2)15-5-6-19(23(4)12-15)17-10-18-16-7-8-22-11-21(16)24-20(18)9-14(17)3;1-13(2)15-7-8-18(23(4)12-15)16-11-17-20(10-14(16)3)24-19-6-5-9-22-21(17)19;1-13(2)15-9-10-19(23(4)12-15)17-11-18-16-7-5-6-8-20(16)24-21(18)22-14(17)3;1-13(2)15-9-10-17(23(4)12-15)20-14(3)11-19-21(22-20)16-7-5-6-8-18(16)24-19/h5*5-13H,1-4H3/q5*+1/i5*1D3,13D. The van der Waals surface area contributed by atoms with Crippen LogP contribution in [0.5, 0.6) is 0 Å². The molecule has 0 amide bonds. The molecule has 15 aromatic heterocycles. The number of hydrogen-bond acceptors (Lipinski definition) is 10. The SMILES string of the molecule is [2H]C([2H])([2H])C([2H])(C)c1ccc(-c2cc3c(cc2C)oc2cccnc23)[n+](C)c1.[2H]C([2H])([2H])C([2H])(C)c1ccc(-c2cc3c(cc2C)oc2ccncc23)[n+](C)c1.[2H]C([2H])([2H])C([2H])(C)c1ccc(-c2cc3c(cc2C)oc2cnccc23)[n+](C)c1.[2H]C([2H])([2H])C([2H])(C)c1ccc(-c2cc3c(nc2C)oc2ccccc23)[n+](C)c1.[2H]C([2H])([2H])C([2H])(C)c1ccc(-c2nc3c(cc2C)oc2ccccc23)[n+](C)c1. The van der Waals surface area contributed by atoms with Crippen LogP contribution in [-0.2, 0) is 35.2 Å². The molecule has 0 saturated carbocycles. The van der Waals surface area contributed by atoms with Crippen molar-refractivity contribution in [2.75, 3.05) is 0 Å². The molecule has 120 heavy (non-hydrogen) atoms. The monoisotopic (exact) mass is 1610 g/mol. The lowest BCUT2D eigenvalue weighted by Crippen LogP contribution is -2.31. The number of furan rings is 5. The quantitative estimate of drug-likeness (QED) is 0.121. The molecule has 5 unspecified atom stereocenters. The lowest BCUT2D eigenvalue weighted by Gasteiger charge is -2.08. The van der Waals surface area contributed by atoms with Crippen LogP contribution in [0.3, 0.4) is 0 Å². The Kier molecular flexibility index (Phi) is 16.4. The molecule has 20 rings (SSSR count). The maximum atomic E-state index is 8.32. The van der Waals surface area contributed by atoms with Crippen LogP contribution < -0.4 is 22.8 Å². The highest BCUT2D eigenvalue weighted by Crippen LogP contribution is 2.40. The Bertz CT molecular complexity index is 7150. The molecule has 0 aliphatic heterocycles. The summed E-state index contributed by atoms with van der Waals surface area (Å²) in [6.45, 7) is 5.04. The molecule has 0 N–H and O–H groups in total. The molecule has 0 fully saturated rings. The van der Waals surface area contributed by atoms with Crippen LogP contribution in [0.2, 0.25) is 0 Å². The van der Waals surface area contributed by atoms with Crippen LogP contribution in [0.4, 0.5) is 0 Å². The number of aryl methyl sites for hydroxylation is 10. The van der Waals surface area contributed by atoms with Gasteiger partial charge in [0.15, 0.2) is 47.7 Å². The molecular formula is C105H105N10O5+5. The highest BCUT2D eigenvalue weighted by molar-refractivity contribution is 6.09. The fourth-order valence-electron chi connectivity index (χ4n) is 15.6. The Labute approximate surface area is 728 Å². The molecule has 15 heterocycles. The van der Waals surface area contributed by atoms with E-state index in [4.69, 9.17) is 54.5 Å². The Morgan fingerprint density at radius 3 is 1.22 bits per heavy atom. The number of aromatic nitrogens is 10. The van der Waals surface area contributed by atoms with Gasteiger partial charge in [-0.25, -0.2) is 28.2 Å². The number of hydrogen-bond donors (Lipinski definition) is 0. The van der Waals surface area contributed by atoms with Gasteiger partial charge in [-0.1, -0.05) is 99.2 Å². The first-order valence-corrected chi connectivity index (χ1v) is 39.4. The number of fused-ring (bicyclic) bond motifs is 15. The first-order valence-electron chi connectivity index (χ1n) is 49.4. The van der Waals surface area contributed by atoms with Gasteiger partial charge in [-0.2, -0.15) is 4.57 Å². The van der Waals surface area contributed by atoms with E-state index in [9.17, 15) is 0 Å². The van der Waals surface area contributed by atoms with Crippen molar-refractivity contribution < 1.29 is 72.3 Å². The average Bonchev–Trinajstić information content (AvgIpc) is 1.65. The molecule has 15 heteroatoms. The fraction of sp³-hybridized carbons (Fsp3) is 0.238. The summed E-state index contributed by atoms with van der Waals surface area (Å²) in [5, 5.41) is 7.80. The molecule has 0 bridgehead atoms. The molecule has 0 radical (unpaired) electrons. The second kappa shape index (κ2) is 33.2. The van der Waals surface area contributed by atoms with Crippen LogP contribution in [-0.4, -0.2) is 24.9 Å². The van der Waals surface area contributed by atoms with Crippen LogP contribution in [0.15, 0.2) is 266 Å². The predicted octanol–water partition coefficient (Wildman–Crippen LogP) is 24.5. The van der Waals surface area contributed by atoms with Crippen LogP contribution in [0.1, 0.15) is 182 Å². The van der Waals surface area contributed by atoms with E-state index in [2.05, 4.69) is 44.2 Å². The Balaban J connectivity index is 0.000000126. The van der Waals surface area contributed by atoms with E-state index in [1.54, 1.807) is 92.3 Å². The van der Waals surface area contributed by atoms with E-state index >= 15 is 0 Å². The summed E-state index contributed by atoms with van der Waals surface area (Å²) >= 11 is 0. The number of benzene rings is 5. The zero-order valence-corrected chi connectivity index (χ0v) is 69.6. The summed E-state index contributed by atoms with van der Waals surface area (Å²) in [4.78, 5) is 22.3. The van der Waals surface area contributed by atoms with Crippen molar-refractivity contribution in [1.82, 2.24) is 24.9 Å². The predicted molar refractivity (Wildman–Crippen MR) is 485 cm³/mol. The summed E-state index contributed by atoms with van der Waals surface area (Å²) < 4.78 is 195. The van der Waals surface area contributed by atoms with Gasteiger partial charge in [-0.05, 0) is 208 Å². The van der Waals surface area contributed by atoms with Crippen molar-refractivity contribution in [3.8, 4) is 56.4 Å². The van der Waals surface area contributed by atoms with Crippen molar-refractivity contribution in [2.45, 2.75) is 133 Å². The van der Waals surface area contributed by atoms with Gasteiger partial charge in [-0.15, -0.1) is 0 Å². The summed E-state index contributed by atoms with van der Waals surface area (Å²) in [5.74, 6) is -8.38. The van der Waals surface area contributed by atoms with E-state index in [0.29, 0.717) is 33.5 Å². The Hall–Kier alpha value is -13.4. The van der Waals surface area contributed by atoms with Gasteiger partial charge in [0.25, 0.3) is 0 Å². The smallest absolute Gasteiger partial charge is 0.231 e. The zero-order chi connectivity index (χ0) is 101. The summed E-state index contributed by atoms with van der Waals surface area (Å²) in [6.07, 6.45) is 17.3. The molecule has 0 aliphatic carbocycles. The number of rotatable bonds is 10. The summed E-state index contributed by atoms with van der Waals surface area (Å²) in [6, 6.07) is 57.3. The first-order chi connectivity index (χ1) is 65.5. The molecule has 0 aliphatic rings. The van der Waals surface area contributed by atoms with Gasteiger partial charge in [0.05, 0.1) is 17.5 Å². The highest BCUT2D eigenvalue weighted by atomic mass is 16.3. The molecule has 5 atom stereocenters. The zero-order valence-electron chi connectivity index (χ0n) is 89.6. The number of para-hydroxylation sites is 2. The minimum atomic E-state index is -2.41. The molecule has 0 spiro atoms. The maximum Gasteiger partial charge on any atom is 0.231 e.